The number of nitrogens with one attached hydrogen (secondary N) is 1. The molecule has 20 heavy (non-hydrogen) atoms. The number of rotatable bonds is 5. The Kier molecular flexibility index (Phi) is 5.86. The Labute approximate surface area is 128 Å². The molecule has 1 aliphatic rings. The molecule has 0 bridgehead atoms. The summed E-state index contributed by atoms with van der Waals surface area (Å²) in [7, 11) is 1.61. The van der Waals surface area contributed by atoms with E-state index >= 15 is 0 Å². The summed E-state index contributed by atoms with van der Waals surface area (Å²) in [5, 5.41) is 2.90. The van der Waals surface area contributed by atoms with Crippen molar-refractivity contribution >= 4 is 27.5 Å². The first kappa shape index (κ1) is 15.3. The molecule has 1 aliphatic heterocycles. The van der Waals surface area contributed by atoms with Crippen molar-refractivity contribution in [3.05, 3.63) is 22.7 Å². The van der Waals surface area contributed by atoms with Crippen molar-refractivity contribution in [3.63, 3.8) is 0 Å². The lowest BCUT2D eigenvalue weighted by molar-refractivity contribution is -0.117. The molecule has 0 radical (unpaired) electrons. The van der Waals surface area contributed by atoms with E-state index in [1.165, 1.54) is 6.42 Å². The number of anilines is 1. The van der Waals surface area contributed by atoms with Crippen LogP contribution in [0.4, 0.5) is 5.69 Å². The minimum Gasteiger partial charge on any atom is -0.497 e. The van der Waals surface area contributed by atoms with Gasteiger partial charge in [0.25, 0.3) is 0 Å². The number of amides is 1. The molecule has 1 fully saturated rings. The number of carbonyl (C=O) groups is 1. The highest BCUT2D eigenvalue weighted by atomic mass is 79.9. The van der Waals surface area contributed by atoms with Gasteiger partial charge in [0, 0.05) is 23.6 Å². The normalized spacial score (nSPS) is 18.6. The van der Waals surface area contributed by atoms with Gasteiger partial charge in [0.1, 0.15) is 5.75 Å². The van der Waals surface area contributed by atoms with Crippen LogP contribution in [0.15, 0.2) is 22.7 Å². The van der Waals surface area contributed by atoms with Gasteiger partial charge in [-0.05, 0) is 53.7 Å². The van der Waals surface area contributed by atoms with Gasteiger partial charge in [0.2, 0.25) is 5.91 Å². The second kappa shape index (κ2) is 7.64. The smallest absolute Gasteiger partial charge is 0.224 e. The summed E-state index contributed by atoms with van der Waals surface area (Å²) >= 11 is 3.42. The maximum Gasteiger partial charge on any atom is 0.224 e. The maximum atomic E-state index is 12.0. The Morgan fingerprint density at radius 3 is 3.05 bits per heavy atom. The van der Waals surface area contributed by atoms with Gasteiger partial charge < -0.3 is 14.8 Å². The lowest BCUT2D eigenvalue weighted by Crippen LogP contribution is -2.21. The van der Waals surface area contributed by atoms with Crippen LogP contribution in [-0.4, -0.2) is 25.7 Å². The van der Waals surface area contributed by atoms with Crippen LogP contribution in [0.2, 0.25) is 0 Å². The summed E-state index contributed by atoms with van der Waals surface area (Å²) in [5.74, 6) is 0.729. The molecule has 1 atom stereocenters. The van der Waals surface area contributed by atoms with Crippen molar-refractivity contribution in [2.45, 2.75) is 38.2 Å². The quantitative estimate of drug-likeness (QED) is 0.887. The average Bonchev–Trinajstić information content (AvgIpc) is 2.48. The molecule has 1 N–H and O–H groups in total. The minimum atomic E-state index is 0.00752. The summed E-state index contributed by atoms with van der Waals surface area (Å²) in [6.45, 7) is 0.827. The molecule has 0 spiro atoms. The molecule has 2 rings (SSSR count). The number of hydrogen-bond acceptors (Lipinski definition) is 3. The van der Waals surface area contributed by atoms with Crippen molar-refractivity contribution in [2.24, 2.45) is 0 Å². The molecule has 1 aromatic carbocycles. The monoisotopic (exact) mass is 341 g/mol. The van der Waals surface area contributed by atoms with Crippen molar-refractivity contribution < 1.29 is 14.3 Å². The molecular formula is C15H20BrNO3. The lowest BCUT2D eigenvalue weighted by Gasteiger charge is -2.22. The van der Waals surface area contributed by atoms with Gasteiger partial charge in [-0.15, -0.1) is 0 Å². The molecule has 4 nitrogen and oxygen atoms in total. The van der Waals surface area contributed by atoms with Gasteiger partial charge in [-0.25, -0.2) is 0 Å². The minimum absolute atomic E-state index is 0.00752. The third-order valence-electron chi connectivity index (χ3n) is 3.41. The number of halogens is 1. The Hall–Kier alpha value is -1.07. The Balaban J connectivity index is 1.84. The van der Waals surface area contributed by atoms with E-state index in [0.717, 1.165) is 41.8 Å². The molecule has 1 heterocycles. The highest BCUT2D eigenvalue weighted by Gasteiger charge is 2.15. The van der Waals surface area contributed by atoms with Gasteiger partial charge in [-0.2, -0.15) is 0 Å². The van der Waals surface area contributed by atoms with Crippen LogP contribution in [-0.2, 0) is 9.53 Å². The summed E-state index contributed by atoms with van der Waals surface area (Å²) in [4.78, 5) is 12.0. The number of carbonyl (C=O) groups excluding carboxylic acids is 1. The van der Waals surface area contributed by atoms with Crippen LogP contribution < -0.4 is 10.1 Å². The van der Waals surface area contributed by atoms with Crippen LogP contribution in [0.25, 0.3) is 0 Å². The van der Waals surface area contributed by atoms with Crippen LogP contribution in [0, 0.1) is 0 Å². The maximum absolute atomic E-state index is 12.0. The van der Waals surface area contributed by atoms with Gasteiger partial charge in [0.15, 0.2) is 0 Å². The van der Waals surface area contributed by atoms with E-state index in [4.69, 9.17) is 9.47 Å². The average molecular weight is 342 g/mol. The Morgan fingerprint density at radius 2 is 2.35 bits per heavy atom. The van der Waals surface area contributed by atoms with Crippen LogP contribution in [0.3, 0.4) is 0 Å². The van der Waals surface area contributed by atoms with Crippen molar-refractivity contribution in [1.29, 1.82) is 0 Å². The van der Waals surface area contributed by atoms with E-state index in [0.29, 0.717) is 6.42 Å². The van der Waals surface area contributed by atoms with Crippen molar-refractivity contribution in [1.82, 2.24) is 0 Å². The van der Waals surface area contributed by atoms with Crippen LogP contribution in [0.1, 0.15) is 32.1 Å². The molecule has 1 saturated heterocycles. The van der Waals surface area contributed by atoms with Gasteiger partial charge in [-0.3, -0.25) is 4.79 Å². The first-order valence-electron chi connectivity index (χ1n) is 6.94. The van der Waals surface area contributed by atoms with E-state index in [9.17, 15) is 4.79 Å². The third-order valence-corrected chi connectivity index (χ3v) is 4.11. The first-order chi connectivity index (χ1) is 9.69. The zero-order chi connectivity index (χ0) is 14.4. The highest BCUT2D eigenvalue weighted by Crippen LogP contribution is 2.27. The van der Waals surface area contributed by atoms with E-state index in [1.807, 2.05) is 12.1 Å². The Morgan fingerprint density at radius 1 is 1.50 bits per heavy atom. The number of benzene rings is 1. The predicted molar refractivity (Wildman–Crippen MR) is 82.1 cm³/mol. The zero-order valence-electron chi connectivity index (χ0n) is 11.7. The van der Waals surface area contributed by atoms with Crippen molar-refractivity contribution in [2.75, 3.05) is 19.0 Å². The fourth-order valence-corrected chi connectivity index (χ4v) is 2.61. The molecule has 0 aromatic heterocycles. The molecule has 1 aromatic rings. The molecule has 5 heteroatoms. The summed E-state index contributed by atoms with van der Waals surface area (Å²) in [6, 6.07) is 5.51. The summed E-state index contributed by atoms with van der Waals surface area (Å²) < 4.78 is 11.6. The first-order valence-corrected chi connectivity index (χ1v) is 7.73. The SMILES string of the molecule is COc1ccc(Br)c(NC(=O)CCC2CCCCO2)c1. The summed E-state index contributed by atoms with van der Waals surface area (Å²) in [5.41, 5.74) is 0.735. The van der Waals surface area contributed by atoms with Gasteiger partial charge in [0.05, 0.1) is 18.9 Å². The predicted octanol–water partition coefficient (Wildman–Crippen LogP) is 3.75. The molecule has 1 unspecified atom stereocenters. The fourth-order valence-electron chi connectivity index (χ4n) is 2.27. The number of ether oxygens (including phenoxy) is 2. The Bertz CT molecular complexity index is 458. The third kappa shape index (κ3) is 4.49. The van der Waals surface area contributed by atoms with Gasteiger partial charge in [-0.1, -0.05) is 0 Å². The lowest BCUT2D eigenvalue weighted by atomic mass is 10.0. The second-order valence-corrected chi connectivity index (χ2v) is 5.78. The van der Waals surface area contributed by atoms with E-state index in [1.54, 1.807) is 13.2 Å². The molecular weight excluding hydrogens is 322 g/mol. The summed E-state index contributed by atoms with van der Waals surface area (Å²) in [6.07, 6.45) is 4.91. The standard InChI is InChI=1S/C15H20BrNO3/c1-19-12-5-7-13(16)14(10-12)17-15(18)8-6-11-4-2-3-9-20-11/h5,7,10-11H,2-4,6,8-9H2,1H3,(H,17,18). The molecule has 0 aliphatic carbocycles. The van der Waals surface area contributed by atoms with Crippen LogP contribution in [0.5, 0.6) is 5.75 Å². The number of methoxy groups -OCH3 is 1. The van der Waals surface area contributed by atoms with E-state index < -0.39 is 0 Å². The van der Waals surface area contributed by atoms with E-state index in [-0.39, 0.29) is 12.0 Å². The topological polar surface area (TPSA) is 47.6 Å². The molecule has 0 saturated carbocycles. The molecule has 110 valence electrons. The van der Waals surface area contributed by atoms with Crippen LogP contribution >= 0.6 is 15.9 Å². The van der Waals surface area contributed by atoms with Crippen molar-refractivity contribution in [3.8, 4) is 5.75 Å². The molecule has 1 amide bonds. The van der Waals surface area contributed by atoms with Gasteiger partial charge >= 0.3 is 0 Å². The highest BCUT2D eigenvalue weighted by molar-refractivity contribution is 9.10. The van der Waals surface area contributed by atoms with E-state index in [2.05, 4.69) is 21.2 Å². The fraction of sp³-hybridized carbons (Fsp3) is 0.533. The second-order valence-electron chi connectivity index (χ2n) is 4.92. The number of hydrogen-bond donors (Lipinski definition) is 1. The zero-order valence-corrected chi connectivity index (χ0v) is 13.2. The largest absolute Gasteiger partial charge is 0.497 e.